The first-order valence-electron chi connectivity index (χ1n) is 7.00. The molecule has 2 nitrogen and oxygen atoms in total. The minimum Gasteiger partial charge on any atom is -0.393 e. The largest absolute Gasteiger partial charge is 0.393 e. The third-order valence-electron chi connectivity index (χ3n) is 3.99. The maximum absolute atomic E-state index is 10.1. The first-order valence-corrected chi connectivity index (χ1v) is 7.00. The van der Waals surface area contributed by atoms with E-state index in [0.29, 0.717) is 5.92 Å². The maximum Gasteiger partial charge on any atom is 0.0580 e. The second-order valence-electron chi connectivity index (χ2n) is 5.70. The van der Waals surface area contributed by atoms with Gasteiger partial charge in [-0.1, -0.05) is 39.5 Å². The molecule has 0 radical (unpaired) electrons. The first-order chi connectivity index (χ1) is 7.63. The van der Waals surface area contributed by atoms with Crippen molar-refractivity contribution in [1.82, 2.24) is 4.90 Å². The van der Waals surface area contributed by atoms with Gasteiger partial charge < -0.3 is 10.0 Å². The summed E-state index contributed by atoms with van der Waals surface area (Å²) in [6, 6.07) is 0. The zero-order chi connectivity index (χ0) is 12.0. The van der Waals surface area contributed by atoms with Crippen molar-refractivity contribution in [2.24, 2.45) is 11.8 Å². The topological polar surface area (TPSA) is 23.5 Å². The summed E-state index contributed by atoms with van der Waals surface area (Å²) in [5.41, 5.74) is 0. The molecule has 0 aromatic heterocycles. The number of hydrogen-bond donors (Lipinski definition) is 1. The molecular formula is C14H29NO. The van der Waals surface area contributed by atoms with Gasteiger partial charge in [0.2, 0.25) is 0 Å². The van der Waals surface area contributed by atoms with E-state index >= 15 is 0 Å². The van der Waals surface area contributed by atoms with Gasteiger partial charge in [-0.2, -0.15) is 0 Å². The highest BCUT2D eigenvalue weighted by atomic mass is 16.3. The van der Waals surface area contributed by atoms with Crippen LogP contribution in [0.5, 0.6) is 0 Å². The summed E-state index contributed by atoms with van der Waals surface area (Å²) in [5.74, 6) is 1.28. The molecule has 0 spiro atoms. The highest BCUT2D eigenvalue weighted by molar-refractivity contribution is 4.75. The Kier molecular flexibility index (Phi) is 6.37. The van der Waals surface area contributed by atoms with Crippen molar-refractivity contribution in [1.29, 1.82) is 0 Å². The van der Waals surface area contributed by atoms with Gasteiger partial charge in [0.1, 0.15) is 0 Å². The molecule has 0 amide bonds. The summed E-state index contributed by atoms with van der Waals surface area (Å²) >= 11 is 0. The van der Waals surface area contributed by atoms with Crippen LogP contribution < -0.4 is 0 Å². The zero-order valence-corrected chi connectivity index (χ0v) is 11.3. The van der Waals surface area contributed by atoms with Crippen LogP contribution in [0.25, 0.3) is 0 Å². The van der Waals surface area contributed by atoms with Crippen LogP contribution in [0.2, 0.25) is 0 Å². The molecule has 16 heavy (non-hydrogen) atoms. The molecule has 2 heteroatoms. The van der Waals surface area contributed by atoms with Crippen molar-refractivity contribution < 1.29 is 5.11 Å². The lowest BCUT2D eigenvalue weighted by Crippen LogP contribution is -2.34. The molecule has 1 fully saturated rings. The summed E-state index contributed by atoms with van der Waals surface area (Å²) in [7, 11) is 2.20. The maximum atomic E-state index is 10.1. The minimum atomic E-state index is -0.0538. The molecule has 3 atom stereocenters. The van der Waals surface area contributed by atoms with Gasteiger partial charge in [-0.15, -0.1) is 0 Å². The summed E-state index contributed by atoms with van der Waals surface area (Å²) < 4.78 is 0. The fraction of sp³-hybridized carbons (Fsp3) is 1.00. The van der Waals surface area contributed by atoms with Crippen LogP contribution in [-0.2, 0) is 0 Å². The van der Waals surface area contributed by atoms with Gasteiger partial charge in [0, 0.05) is 13.1 Å². The van der Waals surface area contributed by atoms with E-state index in [2.05, 4.69) is 25.8 Å². The summed E-state index contributed by atoms with van der Waals surface area (Å²) in [6.45, 7) is 6.80. The quantitative estimate of drug-likeness (QED) is 0.730. The second-order valence-corrected chi connectivity index (χ2v) is 5.70. The van der Waals surface area contributed by atoms with Crippen LogP contribution >= 0.6 is 0 Å². The highest BCUT2D eigenvalue weighted by Gasteiger charge is 2.22. The molecule has 0 aromatic carbocycles. The van der Waals surface area contributed by atoms with E-state index in [1.807, 2.05) is 0 Å². The Hall–Kier alpha value is -0.0800. The van der Waals surface area contributed by atoms with E-state index in [9.17, 15) is 5.11 Å². The monoisotopic (exact) mass is 227 g/mol. The van der Waals surface area contributed by atoms with E-state index in [-0.39, 0.29) is 6.10 Å². The van der Waals surface area contributed by atoms with Crippen LogP contribution in [-0.4, -0.2) is 36.2 Å². The third-order valence-corrected chi connectivity index (χ3v) is 3.99. The summed E-state index contributed by atoms with van der Waals surface area (Å²) in [6.07, 6.45) is 7.25. The Morgan fingerprint density at radius 1 is 1.25 bits per heavy atom. The van der Waals surface area contributed by atoms with Crippen LogP contribution in [0, 0.1) is 11.8 Å². The molecule has 0 saturated heterocycles. The van der Waals surface area contributed by atoms with Gasteiger partial charge in [-0.05, 0) is 31.7 Å². The molecule has 1 rings (SSSR count). The Labute approximate surface area is 101 Å². The Morgan fingerprint density at radius 3 is 2.62 bits per heavy atom. The lowest BCUT2D eigenvalue weighted by Gasteiger charge is -2.28. The van der Waals surface area contributed by atoms with E-state index in [1.165, 1.54) is 38.6 Å². The fourth-order valence-electron chi connectivity index (χ4n) is 2.71. The Bertz CT molecular complexity index is 184. The minimum absolute atomic E-state index is 0.0538. The molecule has 96 valence electrons. The van der Waals surface area contributed by atoms with Crippen LogP contribution in [0.15, 0.2) is 0 Å². The summed E-state index contributed by atoms with van der Waals surface area (Å²) in [5, 5.41) is 10.1. The normalized spacial score (nSPS) is 29.1. The molecule has 1 aliphatic rings. The van der Waals surface area contributed by atoms with E-state index in [1.54, 1.807) is 0 Å². The van der Waals surface area contributed by atoms with Crippen molar-refractivity contribution >= 4 is 0 Å². The van der Waals surface area contributed by atoms with Crippen molar-refractivity contribution in [3.8, 4) is 0 Å². The van der Waals surface area contributed by atoms with Crippen LogP contribution in [0.1, 0.15) is 52.4 Å². The molecule has 0 bridgehead atoms. The zero-order valence-electron chi connectivity index (χ0n) is 11.3. The predicted octanol–water partition coefficient (Wildman–Crippen LogP) is 2.91. The molecule has 0 heterocycles. The van der Waals surface area contributed by atoms with Gasteiger partial charge in [0.25, 0.3) is 0 Å². The molecule has 0 aliphatic heterocycles. The average molecular weight is 227 g/mol. The van der Waals surface area contributed by atoms with Crippen molar-refractivity contribution in [3.63, 3.8) is 0 Å². The standard InChI is InChI=1S/C14H29NO/c1-4-12(2)10-15(3)11-13-8-6-5-7-9-14(13)16/h12-14,16H,4-11H2,1-3H3. The molecule has 1 N–H and O–H groups in total. The third kappa shape index (κ3) is 4.84. The van der Waals surface area contributed by atoms with E-state index in [4.69, 9.17) is 0 Å². The average Bonchev–Trinajstić information content (AvgIpc) is 2.44. The van der Waals surface area contributed by atoms with E-state index < -0.39 is 0 Å². The smallest absolute Gasteiger partial charge is 0.0580 e. The van der Waals surface area contributed by atoms with Gasteiger partial charge in [0.05, 0.1) is 6.10 Å². The number of hydrogen-bond acceptors (Lipinski definition) is 2. The predicted molar refractivity (Wildman–Crippen MR) is 69.5 cm³/mol. The lowest BCUT2D eigenvalue weighted by atomic mass is 9.96. The summed E-state index contributed by atoms with van der Waals surface area (Å²) in [4.78, 5) is 2.41. The van der Waals surface area contributed by atoms with E-state index in [0.717, 1.165) is 18.9 Å². The number of aliphatic hydroxyl groups excluding tert-OH is 1. The van der Waals surface area contributed by atoms with Gasteiger partial charge in [0.15, 0.2) is 0 Å². The fourth-order valence-corrected chi connectivity index (χ4v) is 2.71. The van der Waals surface area contributed by atoms with Gasteiger partial charge in [-0.25, -0.2) is 0 Å². The Morgan fingerprint density at radius 2 is 1.94 bits per heavy atom. The van der Waals surface area contributed by atoms with Crippen LogP contribution in [0.4, 0.5) is 0 Å². The van der Waals surface area contributed by atoms with Crippen LogP contribution in [0.3, 0.4) is 0 Å². The molecule has 1 aliphatic carbocycles. The molecule has 3 unspecified atom stereocenters. The number of aliphatic hydroxyl groups is 1. The van der Waals surface area contributed by atoms with Crippen molar-refractivity contribution in [2.45, 2.75) is 58.5 Å². The number of rotatable bonds is 5. The lowest BCUT2D eigenvalue weighted by molar-refractivity contribution is 0.0764. The van der Waals surface area contributed by atoms with Crippen molar-refractivity contribution in [2.75, 3.05) is 20.1 Å². The van der Waals surface area contributed by atoms with Gasteiger partial charge >= 0.3 is 0 Å². The second kappa shape index (κ2) is 7.29. The molecule has 1 saturated carbocycles. The molecular weight excluding hydrogens is 198 g/mol. The first kappa shape index (κ1) is 14.0. The highest BCUT2D eigenvalue weighted by Crippen LogP contribution is 2.24. The molecule has 0 aromatic rings. The van der Waals surface area contributed by atoms with Crippen molar-refractivity contribution in [3.05, 3.63) is 0 Å². The van der Waals surface area contributed by atoms with Gasteiger partial charge in [-0.3, -0.25) is 0 Å². The number of nitrogens with zero attached hydrogens (tertiary/aromatic N) is 1. The Balaban J connectivity index is 2.32. The SMILES string of the molecule is CCC(C)CN(C)CC1CCCCCC1O.